The maximum atomic E-state index is 13.6. The summed E-state index contributed by atoms with van der Waals surface area (Å²) in [6.07, 6.45) is 1.82. The second kappa shape index (κ2) is 10.6. The summed E-state index contributed by atoms with van der Waals surface area (Å²) in [6, 6.07) is 9.26. The van der Waals surface area contributed by atoms with Crippen molar-refractivity contribution >= 4 is 65.6 Å². The molecule has 0 N–H and O–H groups in total. The smallest absolute Gasteiger partial charge is 0.252 e. The minimum Gasteiger partial charge on any atom is -0.309 e. The van der Waals surface area contributed by atoms with E-state index in [4.69, 9.17) is 16.6 Å². The first-order valence-electron chi connectivity index (χ1n) is 11.2. The summed E-state index contributed by atoms with van der Waals surface area (Å²) >= 11 is 8.54. The molecular formula is C23H29ClN4O3S3. The molecule has 11 heteroatoms. The van der Waals surface area contributed by atoms with Crippen molar-refractivity contribution in [1.82, 2.24) is 14.2 Å². The third-order valence-corrected chi connectivity index (χ3v) is 10.6. The number of halogens is 1. The molecule has 4 rings (SSSR count). The lowest BCUT2D eigenvalue weighted by atomic mass is 9.96. The van der Waals surface area contributed by atoms with Crippen molar-refractivity contribution < 1.29 is 13.2 Å². The van der Waals surface area contributed by atoms with Crippen LogP contribution in [-0.2, 0) is 14.8 Å². The fourth-order valence-corrected chi connectivity index (χ4v) is 8.31. The number of carbonyl (C=O) groups is 1. The lowest BCUT2D eigenvalue weighted by Gasteiger charge is -2.32. The Balaban J connectivity index is 1.50. The number of aromatic nitrogens is 1. The Morgan fingerprint density at radius 2 is 1.88 bits per heavy atom. The van der Waals surface area contributed by atoms with Gasteiger partial charge in [-0.1, -0.05) is 29.0 Å². The van der Waals surface area contributed by atoms with Crippen LogP contribution in [0.25, 0.3) is 10.2 Å². The van der Waals surface area contributed by atoms with Crippen LogP contribution in [0.4, 0.5) is 5.13 Å². The van der Waals surface area contributed by atoms with Crippen LogP contribution >= 0.6 is 34.3 Å². The van der Waals surface area contributed by atoms with E-state index < -0.39 is 10.0 Å². The minimum absolute atomic E-state index is 0.0331. The number of aryl methyl sites for hydroxylation is 1. The molecule has 0 saturated carbocycles. The van der Waals surface area contributed by atoms with Crippen LogP contribution < -0.4 is 4.90 Å². The Labute approximate surface area is 214 Å². The van der Waals surface area contributed by atoms with Gasteiger partial charge in [-0.15, -0.1) is 11.3 Å². The first kappa shape index (κ1) is 25.5. The molecular weight excluding hydrogens is 512 g/mol. The number of nitrogens with zero attached hydrogens (tertiary/aromatic N) is 4. The van der Waals surface area contributed by atoms with Crippen molar-refractivity contribution in [3.63, 3.8) is 0 Å². The average molecular weight is 541 g/mol. The molecule has 1 amide bonds. The maximum absolute atomic E-state index is 13.6. The Bertz CT molecular complexity index is 1260. The van der Waals surface area contributed by atoms with Gasteiger partial charge in [0.2, 0.25) is 5.91 Å². The Morgan fingerprint density at radius 1 is 1.15 bits per heavy atom. The fraction of sp³-hybridized carbons (Fsp3) is 0.478. The quantitative estimate of drug-likeness (QED) is 0.414. The number of rotatable bonds is 8. The largest absolute Gasteiger partial charge is 0.309 e. The predicted octanol–water partition coefficient (Wildman–Crippen LogP) is 4.71. The molecule has 7 nitrogen and oxygen atoms in total. The minimum atomic E-state index is -3.58. The lowest BCUT2D eigenvalue weighted by molar-refractivity contribution is -0.123. The topological polar surface area (TPSA) is 73.8 Å². The molecule has 34 heavy (non-hydrogen) atoms. The molecule has 0 unspecified atom stereocenters. The second-order valence-electron chi connectivity index (χ2n) is 8.85. The van der Waals surface area contributed by atoms with Crippen molar-refractivity contribution in [2.45, 2.75) is 30.4 Å². The van der Waals surface area contributed by atoms with Crippen LogP contribution in [0.3, 0.4) is 0 Å². The number of sulfonamides is 1. The molecule has 1 fully saturated rings. The highest BCUT2D eigenvalue weighted by Gasteiger charge is 2.35. The third kappa shape index (κ3) is 5.63. The molecule has 0 bridgehead atoms. The monoisotopic (exact) mass is 540 g/mol. The van der Waals surface area contributed by atoms with E-state index in [1.165, 1.54) is 15.6 Å². The molecule has 1 aromatic carbocycles. The van der Waals surface area contributed by atoms with E-state index in [1.807, 2.05) is 38.1 Å². The van der Waals surface area contributed by atoms with Gasteiger partial charge in [0, 0.05) is 25.6 Å². The molecule has 3 aromatic rings. The van der Waals surface area contributed by atoms with Crippen LogP contribution in [-0.4, -0.2) is 68.8 Å². The molecule has 184 valence electrons. The Hall–Kier alpha value is -1.56. The fourth-order valence-electron chi connectivity index (χ4n) is 4.11. The zero-order valence-corrected chi connectivity index (χ0v) is 22.7. The van der Waals surface area contributed by atoms with Crippen LogP contribution in [0.5, 0.6) is 0 Å². The van der Waals surface area contributed by atoms with E-state index in [2.05, 4.69) is 11.0 Å². The number of piperidine rings is 1. The Kier molecular flexibility index (Phi) is 7.95. The summed E-state index contributed by atoms with van der Waals surface area (Å²) in [5.74, 6) is -0.197. The van der Waals surface area contributed by atoms with Crippen molar-refractivity contribution in [2.24, 2.45) is 5.92 Å². The SMILES string of the molecule is Cc1ccc2nc(N(CCCN(C)C)C(=O)C3CCN(S(=O)(=O)c4ccc(Cl)s4)CC3)sc2c1. The highest BCUT2D eigenvalue weighted by Crippen LogP contribution is 2.34. The summed E-state index contributed by atoms with van der Waals surface area (Å²) in [7, 11) is 0.454. The van der Waals surface area contributed by atoms with Gasteiger partial charge in [-0.05, 0) is 76.7 Å². The van der Waals surface area contributed by atoms with Gasteiger partial charge in [0.1, 0.15) is 4.21 Å². The molecule has 0 atom stereocenters. The van der Waals surface area contributed by atoms with Crippen molar-refractivity contribution in [1.29, 1.82) is 0 Å². The van der Waals surface area contributed by atoms with E-state index in [-0.39, 0.29) is 16.0 Å². The second-order valence-corrected chi connectivity index (χ2v) is 13.7. The maximum Gasteiger partial charge on any atom is 0.252 e. The van der Waals surface area contributed by atoms with Gasteiger partial charge in [0.15, 0.2) is 5.13 Å². The van der Waals surface area contributed by atoms with E-state index in [0.717, 1.165) is 40.1 Å². The van der Waals surface area contributed by atoms with Crippen molar-refractivity contribution in [3.8, 4) is 0 Å². The van der Waals surface area contributed by atoms with Gasteiger partial charge in [0.05, 0.1) is 14.6 Å². The van der Waals surface area contributed by atoms with E-state index in [9.17, 15) is 13.2 Å². The van der Waals surface area contributed by atoms with Crippen LogP contribution in [0.15, 0.2) is 34.5 Å². The summed E-state index contributed by atoms with van der Waals surface area (Å²) in [6.45, 7) is 4.14. The molecule has 1 aliphatic rings. The number of fused-ring (bicyclic) bond motifs is 1. The van der Waals surface area contributed by atoms with Crippen molar-refractivity contribution in [3.05, 3.63) is 40.2 Å². The third-order valence-electron chi connectivity index (χ3n) is 5.96. The number of amides is 1. The zero-order chi connectivity index (χ0) is 24.5. The average Bonchev–Trinajstić information content (AvgIpc) is 3.42. The molecule has 1 saturated heterocycles. The molecule has 1 aliphatic heterocycles. The van der Waals surface area contributed by atoms with Crippen LogP contribution in [0.2, 0.25) is 4.34 Å². The van der Waals surface area contributed by atoms with Gasteiger partial charge in [0.25, 0.3) is 10.0 Å². The highest BCUT2D eigenvalue weighted by molar-refractivity contribution is 7.91. The molecule has 0 spiro atoms. The van der Waals surface area contributed by atoms with Gasteiger partial charge in [-0.2, -0.15) is 4.31 Å². The van der Waals surface area contributed by atoms with Crippen molar-refractivity contribution in [2.75, 3.05) is 45.2 Å². The predicted molar refractivity (Wildman–Crippen MR) is 141 cm³/mol. The van der Waals surface area contributed by atoms with E-state index in [1.54, 1.807) is 12.1 Å². The number of carbonyl (C=O) groups excluding carboxylic acids is 1. The zero-order valence-electron chi connectivity index (χ0n) is 19.5. The first-order chi connectivity index (χ1) is 16.1. The molecule has 0 radical (unpaired) electrons. The summed E-state index contributed by atoms with van der Waals surface area (Å²) < 4.78 is 29.1. The number of benzene rings is 1. The van der Waals surface area contributed by atoms with E-state index >= 15 is 0 Å². The van der Waals surface area contributed by atoms with Crippen LogP contribution in [0.1, 0.15) is 24.8 Å². The highest BCUT2D eigenvalue weighted by atomic mass is 35.5. The number of thiophene rings is 1. The molecule has 0 aliphatic carbocycles. The number of anilines is 1. The molecule has 3 heterocycles. The van der Waals surface area contributed by atoms with Crippen LogP contribution in [0, 0.1) is 12.8 Å². The first-order valence-corrected chi connectivity index (χ1v) is 14.7. The van der Waals surface area contributed by atoms with Gasteiger partial charge >= 0.3 is 0 Å². The summed E-state index contributed by atoms with van der Waals surface area (Å²) in [5, 5.41) is 0.715. The number of hydrogen-bond acceptors (Lipinski definition) is 7. The van der Waals surface area contributed by atoms with Gasteiger partial charge in [-0.3, -0.25) is 9.69 Å². The standard InChI is InChI=1S/C23H29ClN4O3S3/c1-16-5-6-18-19(15-16)32-23(25-18)28(12-4-11-26(2)3)22(29)17-9-13-27(14-10-17)34(30,31)21-8-7-20(24)33-21/h5-8,15,17H,4,9-14H2,1-3H3. The van der Waals surface area contributed by atoms with Gasteiger partial charge < -0.3 is 4.90 Å². The lowest BCUT2D eigenvalue weighted by Crippen LogP contribution is -2.45. The molecule has 2 aromatic heterocycles. The Morgan fingerprint density at radius 3 is 2.53 bits per heavy atom. The normalized spacial score (nSPS) is 15.9. The number of thiazole rings is 1. The summed E-state index contributed by atoms with van der Waals surface area (Å²) in [5.41, 5.74) is 2.06. The van der Waals surface area contributed by atoms with E-state index in [0.29, 0.717) is 41.9 Å². The summed E-state index contributed by atoms with van der Waals surface area (Å²) in [4.78, 5) is 22.3. The number of hydrogen-bond donors (Lipinski definition) is 0. The van der Waals surface area contributed by atoms with Gasteiger partial charge in [-0.25, -0.2) is 13.4 Å².